The number of hydrogen-bond acceptors (Lipinski definition) is 6. The summed E-state index contributed by atoms with van der Waals surface area (Å²) in [6.45, 7) is 5.48. The number of aromatic nitrogens is 1. The van der Waals surface area contributed by atoms with E-state index in [1.165, 1.54) is 18.3 Å². The van der Waals surface area contributed by atoms with Crippen LogP contribution < -0.4 is 21.4 Å². The molecule has 2 aromatic rings. The maximum atomic E-state index is 13.3. The van der Waals surface area contributed by atoms with Crippen LogP contribution in [0.3, 0.4) is 0 Å². The minimum atomic E-state index is -4.65. The van der Waals surface area contributed by atoms with E-state index in [4.69, 9.17) is 9.15 Å². The van der Waals surface area contributed by atoms with Gasteiger partial charge in [-0.15, -0.1) is 5.10 Å². The number of carbonyl (C=O) groups is 1. The van der Waals surface area contributed by atoms with Crippen LogP contribution in [0.1, 0.15) is 30.2 Å². The van der Waals surface area contributed by atoms with Gasteiger partial charge in [-0.3, -0.25) is 9.78 Å². The summed E-state index contributed by atoms with van der Waals surface area (Å²) >= 11 is 0. The maximum Gasteiger partial charge on any atom is 0.412 e. The first-order chi connectivity index (χ1) is 13.2. The van der Waals surface area contributed by atoms with Gasteiger partial charge in [0, 0.05) is 30.8 Å². The van der Waals surface area contributed by atoms with E-state index in [9.17, 15) is 18.0 Å². The minimum Gasteiger partial charge on any atom is -0.462 e. The van der Waals surface area contributed by atoms with Crippen LogP contribution in [0.5, 0.6) is 0 Å². The van der Waals surface area contributed by atoms with Crippen LogP contribution in [0, 0.1) is 6.92 Å². The van der Waals surface area contributed by atoms with Crippen molar-refractivity contribution in [3.63, 3.8) is 0 Å². The molecule has 0 saturated carbocycles. The number of hydrazone groups is 1. The number of furan rings is 1. The number of halogens is 3. The second-order valence-corrected chi connectivity index (χ2v) is 6.07. The van der Waals surface area contributed by atoms with Crippen molar-refractivity contribution in [2.24, 2.45) is 5.10 Å². The van der Waals surface area contributed by atoms with E-state index in [1.54, 1.807) is 13.0 Å². The molecule has 0 radical (unpaired) electrons. The Hall–Kier alpha value is -3.30. The number of rotatable bonds is 5. The molecule has 1 aliphatic rings. The predicted octanol–water partition coefficient (Wildman–Crippen LogP) is 1.59. The van der Waals surface area contributed by atoms with Gasteiger partial charge < -0.3 is 14.5 Å². The number of amides is 1. The Labute approximate surface area is 157 Å². The molecule has 2 aromatic heterocycles. The van der Waals surface area contributed by atoms with Crippen molar-refractivity contribution in [3.05, 3.63) is 52.6 Å². The maximum absolute atomic E-state index is 13.3. The SMILES string of the molecule is C=c1oc(C)cc1=C1NN=C(CCC(=O)NC(c2cccnc2)C(F)(F)F)O1. The molecule has 0 aliphatic carbocycles. The fraction of sp³-hybridized carbons (Fsp3) is 0.278. The normalized spacial score (nSPS) is 16.8. The second kappa shape index (κ2) is 7.75. The van der Waals surface area contributed by atoms with Crippen molar-refractivity contribution in [1.29, 1.82) is 0 Å². The Kier molecular flexibility index (Phi) is 5.39. The minimum absolute atomic E-state index is 0.0171. The van der Waals surface area contributed by atoms with E-state index in [-0.39, 0.29) is 24.3 Å². The largest absolute Gasteiger partial charge is 0.462 e. The van der Waals surface area contributed by atoms with Crippen LogP contribution in [0.15, 0.2) is 40.1 Å². The number of ether oxygens (including phenoxy) is 1. The zero-order valence-corrected chi connectivity index (χ0v) is 14.8. The molecular weight excluding hydrogens is 377 g/mol. The van der Waals surface area contributed by atoms with Crippen molar-refractivity contribution in [2.75, 3.05) is 0 Å². The fourth-order valence-electron chi connectivity index (χ4n) is 2.61. The average molecular weight is 394 g/mol. The summed E-state index contributed by atoms with van der Waals surface area (Å²) in [5.41, 5.74) is 2.90. The van der Waals surface area contributed by atoms with Gasteiger partial charge in [-0.1, -0.05) is 12.6 Å². The molecule has 1 unspecified atom stereocenters. The van der Waals surface area contributed by atoms with Gasteiger partial charge in [0.2, 0.25) is 17.7 Å². The summed E-state index contributed by atoms with van der Waals surface area (Å²) in [5, 5.41) is 6.49. The Morgan fingerprint density at radius 1 is 1.43 bits per heavy atom. The molecule has 1 aliphatic heterocycles. The van der Waals surface area contributed by atoms with Crippen molar-refractivity contribution in [3.8, 4) is 0 Å². The van der Waals surface area contributed by atoms with Crippen molar-refractivity contribution >= 4 is 24.3 Å². The molecule has 0 aromatic carbocycles. The molecule has 3 rings (SSSR count). The highest BCUT2D eigenvalue weighted by Crippen LogP contribution is 2.32. The number of hydrogen-bond donors (Lipinski definition) is 2. The molecular formula is C18H17F3N4O3. The predicted molar refractivity (Wildman–Crippen MR) is 93.7 cm³/mol. The highest BCUT2D eigenvalue weighted by Gasteiger charge is 2.42. The standard InChI is InChI=1S/C18H17F3N4O3/c1-10-8-13(11(2)27-10)17-25-24-15(28-17)6-5-14(26)23-16(18(19,20)21)12-4-3-7-22-9-12/h3-4,7-9,16,25H,2,5-6H2,1H3,(H,23,26). The number of pyridine rings is 1. The quantitative estimate of drug-likeness (QED) is 0.804. The molecule has 28 heavy (non-hydrogen) atoms. The first-order valence-electron chi connectivity index (χ1n) is 8.30. The molecule has 0 fully saturated rings. The second-order valence-electron chi connectivity index (χ2n) is 6.07. The summed E-state index contributed by atoms with van der Waals surface area (Å²) in [6, 6.07) is 2.20. The van der Waals surface area contributed by atoms with Crippen molar-refractivity contribution in [2.45, 2.75) is 32.0 Å². The summed E-state index contributed by atoms with van der Waals surface area (Å²) in [7, 11) is 0. The zero-order chi connectivity index (χ0) is 20.3. The molecule has 0 bridgehead atoms. The number of nitrogens with zero attached hydrogens (tertiary/aromatic N) is 2. The van der Waals surface area contributed by atoms with E-state index in [2.05, 4.69) is 22.1 Å². The lowest BCUT2D eigenvalue weighted by atomic mass is 10.1. The van der Waals surface area contributed by atoms with Crippen LogP contribution in [-0.4, -0.2) is 23.0 Å². The van der Waals surface area contributed by atoms with Gasteiger partial charge in [0.1, 0.15) is 11.2 Å². The summed E-state index contributed by atoms with van der Waals surface area (Å²) < 4.78 is 50.6. The topological polar surface area (TPSA) is 88.8 Å². The van der Waals surface area contributed by atoms with E-state index in [1.807, 2.05) is 5.32 Å². The number of carbonyl (C=O) groups excluding carboxylic acids is 1. The van der Waals surface area contributed by atoms with E-state index in [0.29, 0.717) is 22.3 Å². The van der Waals surface area contributed by atoms with E-state index < -0.39 is 18.1 Å². The van der Waals surface area contributed by atoms with Gasteiger partial charge >= 0.3 is 6.18 Å². The third-order valence-corrected chi connectivity index (χ3v) is 3.90. The summed E-state index contributed by atoms with van der Waals surface area (Å²) in [5.74, 6) is 0.316. The first-order valence-corrected chi connectivity index (χ1v) is 8.30. The third-order valence-electron chi connectivity index (χ3n) is 3.90. The van der Waals surface area contributed by atoms with E-state index in [0.717, 1.165) is 6.20 Å². The number of aryl methyl sites for hydroxylation is 1. The van der Waals surface area contributed by atoms with Crippen LogP contribution >= 0.6 is 0 Å². The van der Waals surface area contributed by atoms with Gasteiger partial charge in [0.05, 0.1) is 5.22 Å². The van der Waals surface area contributed by atoms with Crippen molar-refractivity contribution in [1.82, 2.24) is 15.7 Å². The van der Waals surface area contributed by atoms with Gasteiger partial charge in [-0.25, -0.2) is 5.43 Å². The Balaban J connectivity index is 1.61. The first kappa shape index (κ1) is 19.5. The van der Waals surface area contributed by atoms with Crippen LogP contribution in [-0.2, 0) is 9.53 Å². The van der Waals surface area contributed by atoms with Crippen LogP contribution in [0.2, 0.25) is 0 Å². The van der Waals surface area contributed by atoms with Gasteiger partial charge in [0.15, 0.2) is 6.04 Å². The zero-order valence-electron chi connectivity index (χ0n) is 14.8. The molecule has 148 valence electrons. The molecule has 1 amide bonds. The lowest BCUT2D eigenvalue weighted by Crippen LogP contribution is -2.38. The van der Waals surface area contributed by atoms with Crippen LogP contribution in [0.4, 0.5) is 13.2 Å². The molecule has 0 saturated heterocycles. The highest BCUT2D eigenvalue weighted by molar-refractivity contribution is 5.87. The molecule has 0 spiro atoms. The number of alkyl halides is 3. The average Bonchev–Trinajstić information content (AvgIpc) is 3.23. The highest BCUT2D eigenvalue weighted by atomic mass is 19.4. The van der Waals surface area contributed by atoms with E-state index >= 15 is 0 Å². The Morgan fingerprint density at radius 3 is 2.82 bits per heavy atom. The molecule has 3 heterocycles. The smallest absolute Gasteiger partial charge is 0.412 e. The molecule has 10 heteroatoms. The monoisotopic (exact) mass is 394 g/mol. The van der Waals surface area contributed by atoms with Crippen LogP contribution in [0.25, 0.3) is 12.5 Å². The molecule has 2 N–H and O–H groups in total. The lowest BCUT2D eigenvalue weighted by molar-refractivity contribution is -0.163. The summed E-state index contributed by atoms with van der Waals surface area (Å²) in [6.07, 6.45) is -2.44. The summed E-state index contributed by atoms with van der Waals surface area (Å²) in [4.78, 5) is 15.7. The van der Waals surface area contributed by atoms with Crippen molar-refractivity contribution < 1.29 is 27.1 Å². The lowest BCUT2D eigenvalue weighted by Gasteiger charge is -2.21. The third kappa shape index (κ3) is 4.51. The fourth-order valence-corrected chi connectivity index (χ4v) is 2.61. The molecule has 7 nitrogen and oxygen atoms in total. The number of nitrogens with one attached hydrogen (secondary N) is 2. The Bertz CT molecular complexity index is 999. The van der Waals surface area contributed by atoms with Gasteiger partial charge in [0.25, 0.3) is 0 Å². The van der Waals surface area contributed by atoms with Gasteiger partial charge in [-0.2, -0.15) is 13.2 Å². The molecule has 1 atom stereocenters. The van der Waals surface area contributed by atoms with Gasteiger partial charge in [-0.05, 0) is 19.1 Å². The Morgan fingerprint density at radius 2 is 2.21 bits per heavy atom.